The van der Waals surface area contributed by atoms with Crippen LogP contribution < -0.4 is 4.90 Å². The highest BCUT2D eigenvalue weighted by molar-refractivity contribution is 5.62. The van der Waals surface area contributed by atoms with Crippen molar-refractivity contribution in [2.45, 2.75) is 38.6 Å². The van der Waals surface area contributed by atoms with E-state index in [9.17, 15) is 0 Å². The van der Waals surface area contributed by atoms with E-state index in [1.165, 1.54) is 38.2 Å². The van der Waals surface area contributed by atoms with Crippen LogP contribution >= 0.6 is 0 Å². The van der Waals surface area contributed by atoms with Crippen LogP contribution in [0.4, 0.5) is 5.69 Å². The number of para-hydroxylation sites is 1. The van der Waals surface area contributed by atoms with Crippen LogP contribution in [-0.4, -0.2) is 37.1 Å². The molecule has 1 fully saturated rings. The Balaban J connectivity index is 1.88. The Labute approximate surface area is 111 Å². The zero-order valence-electron chi connectivity index (χ0n) is 11.6. The standard InChI is InChI=1S/C16H24N2/c1-3-10-17-11-9-16-14(12-17)13-7-5-6-8-15(13)18(16)4-2/h5-8,14,16H,3-4,9-12H2,1-2H3/t14-,16-/m0/s1. The molecule has 0 amide bonds. The van der Waals surface area contributed by atoms with E-state index in [1.54, 1.807) is 5.56 Å². The first-order valence-electron chi connectivity index (χ1n) is 7.43. The van der Waals surface area contributed by atoms with Gasteiger partial charge in [-0.15, -0.1) is 0 Å². The second-order valence-corrected chi connectivity index (χ2v) is 5.61. The number of piperidine rings is 1. The summed E-state index contributed by atoms with van der Waals surface area (Å²) < 4.78 is 0. The molecule has 1 aromatic rings. The first-order chi connectivity index (χ1) is 8.85. The number of hydrogen-bond donors (Lipinski definition) is 0. The first kappa shape index (κ1) is 12.0. The highest BCUT2D eigenvalue weighted by atomic mass is 15.2. The molecule has 1 aromatic carbocycles. The maximum atomic E-state index is 2.65. The van der Waals surface area contributed by atoms with E-state index in [-0.39, 0.29) is 0 Å². The average molecular weight is 244 g/mol. The van der Waals surface area contributed by atoms with Gasteiger partial charge in [0.25, 0.3) is 0 Å². The molecule has 98 valence electrons. The van der Waals surface area contributed by atoms with Gasteiger partial charge in [-0.2, -0.15) is 0 Å². The van der Waals surface area contributed by atoms with Gasteiger partial charge < -0.3 is 9.80 Å². The third-order valence-electron chi connectivity index (χ3n) is 4.59. The molecule has 2 heterocycles. The summed E-state index contributed by atoms with van der Waals surface area (Å²) in [6, 6.07) is 9.79. The van der Waals surface area contributed by atoms with E-state index < -0.39 is 0 Å². The van der Waals surface area contributed by atoms with Gasteiger partial charge in [0.1, 0.15) is 0 Å². The summed E-state index contributed by atoms with van der Waals surface area (Å²) in [5.41, 5.74) is 3.08. The summed E-state index contributed by atoms with van der Waals surface area (Å²) in [5.74, 6) is 0.737. The molecule has 2 aliphatic heterocycles. The number of benzene rings is 1. The number of anilines is 1. The zero-order chi connectivity index (χ0) is 12.5. The average Bonchev–Trinajstić information content (AvgIpc) is 2.72. The third-order valence-corrected chi connectivity index (χ3v) is 4.59. The lowest BCUT2D eigenvalue weighted by Gasteiger charge is -2.38. The highest BCUT2D eigenvalue weighted by Gasteiger charge is 2.40. The predicted molar refractivity (Wildman–Crippen MR) is 77.3 cm³/mol. The van der Waals surface area contributed by atoms with Gasteiger partial charge in [0, 0.05) is 37.3 Å². The molecule has 0 radical (unpaired) electrons. The molecule has 18 heavy (non-hydrogen) atoms. The SMILES string of the molecule is CCCN1CC[C@H]2[C@@H](C1)c1ccccc1N2CC. The molecule has 0 aromatic heterocycles. The molecular formula is C16H24N2. The van der Waals surface area contributed by atoms with Crippen LogP contribution in [0.25, 0.3) is 0 Å². The van der Waals surface area contributed by atoms with Crippen molar-refractivity contribution in [3.05, 3.63) is 29.8 Å². The Morgan fingerprint density at radius 3 is 2.83 bits per heavy atom. The number of likely N-dealkylation sites (N-methyl/N-ethyl adjacent to an activating group) is 1. The Bertz CT molecular complexity index is 415. The van der Waals surface area contributed by atoms with Gasteiger partial charge in [0.2, 0.25) is 0 Å². The van der Waals surface area contributed by atoms with Crippen molar-refractivity contribution in [1.82, 2.24) is 4.90 Å². The molecule has 2 atom stereocenters. The second-order valence-electron chi connectivity index (χ2n) is 5.61. The fourth-order valence-corrected chi connectivity index (χ4v) is 3.85. The van der Waals surface area contributed by atoms with E-state index in [0.717, 1.165) is 18.5 Å². The van der Waals surface area contributed by atoms with Crippen molar-refractivity contribution in [2.75, 3.05) is 31.1 Å². The minimum Gasteiger partial charge on any atom is -0.368 e. The molecule has 0 saturated carbocycles. The normalized spacial score (nSPS) is 27.1. The summed E-state index contributed by atoms with van der Waals surface area (Å²) in [7, 11) is 0. The molecule has 0 N–H and O–H groups in total. The van der Waals surface area contributed by atoms with Crippen LogP contribution in [0, 0.1) is 0 Å². The molecule has 2 nitrogen and oxygen atoms in total. The van der Waals surface area contributed by atoms with Crippen molar-refractivity contribution < 1.29 is 0 Å². The van der Waals surface area contributed by atoms with Crippen LogP contribution in [0.5, 0.6) is 0 Å². The van der Waals surface area contributed by atoms with Crippen LogP contribution in [-0.2, 0) is 0 Å². The second kappa shape index (κ2) is 4.93. The van der Waals surface area contributed by atoms with Crippen molar-refractivity contribution in [3.8, 4) is 0 Å². The molecule has 2 heteroatoms. The van der Waals surface area contributed by atoms with Crippen molar-refractivity contribution in [1.29, 1.82) is 0 Å². The molecule has 2 aliphatic rings. The molecule has 0 spiro atoms. The summed E-state index contributed by atoms with van der Waals surface area (Å²) in [6.45, 7) is 9.51. The summed E-state index contributed by atoms with van der Waals surface area (Å²) in [5, 5.41) is 0. The lowest BCUT2D eigenvalue weighted by atomic mass is 9.89. The van der Waals surface area contributed by atoms with Crippen LogP contribution in [0.15, 0.2) is 24.3 Å². The number of likely N-dealkylation sites (tertiary alicyclic amines) is 1. The van der Waals surface area contributed by atoms with Gasteiger partial charge in [-0.1, -0.05) is 25.1 Å². The molecule has 3 rings (SSSR count). The third kappa shape index (κ3) is 1.83. The predicted octanol–water partition coefficient (Wildman–Crippen LogP) is 3.09. The lowest BCUT2D eigenvalue weighted by molar-refractivity contribution is 0.194. The quantitative estimate of drug-likeness (QED) is 0.806. The van der Waals surface area contributed by atoms with Gasteiger partial charge in [0.05, 0.1) is 0 Å². The minimum atomic E-state index is 0.737. The van der Waals surface area contributed by atoms with E-state index >= 15 is 0 Å². The smallest absolute Gasteiger partial charge is 0.0405 e. The first-order valence-corrected chi connectivity index (χ1v) is 7.43. The van der Waals surface area contributed by atoms with Gasteiger partial charge in [-0.3, -0.25) is 0 Å². The maximum absolute atomic E-state index is 2.65. The van der Waals surface area contributed by atoms with E-state index in [0.29, 0.717) is 0 Å². The van der Waals surface area contributed by atoms with Crippen LogP contribution in [0.3, 0.4) is 0 Å². The summed E-state index contributed by atoms with van der Waals surface area (Å²) >= 11 is 0. The van der Waals surface area contributed by atoms with Crippen LogP contribution in [0.2, 0.25) is 0 Å². The highest BCUT2D eigenvalue weighted by Crippen LogP contribution is 2.44. The van der Waals surface area contributed by atoms with Gasteiger partial charge in [-0.05, 0) is 37.9 Å². The van der Waals surface area contributed by atoms with Gasteiger partial charge >= 0.3 is 0 Å². The van der Waals surface area contributed by atoms with E-state index in [1.807, 2.05) is 0 Å². The number of rotatable bonds is 3. The van der Waals surface area contributed by atoms with E-state index in [4.69, 9.17) is 0 Å². The fourth-order valence-electron chi connectivity index (χ4n) is 3.85. The number of nitrogens with zero attached hydrogens (tertiary/aromatic N) is 2. The monoisotopic (exact) mass is 244 g/mol. The number of fused-ring (bicyclic) bond motifs is 3. The Morgan fingerprint density at radius 2 is 2.06 bits per heavy atom. The van der Waals surface area contributed by atoms with Crippen molar-refractivity contribution >= 4 is 5.69 Å². The minimum absolute atomic E-state index is 0.737. The molecule has 0 aliphatic carbocycles. The largest absolute Gasteiger partial charge is 0.368 e. The van der Waals surface area contributed by atoms with Gasteiger partial charge in [-0.25, -0.2) is 0 Å². The summed E-state index contributed by atoms with van der Waals surface area (Å²) in [4.78, 5) is 5.28. The molecule has 0 bridgehead atoms. The summed E-state index contributed by atoms with van der Waals surface area (Å²) in [6.07, 6.45) is 2.60. The topological polar surface area (TPSA) is 6.48 Å². The zero-order valence-corrected chi connectivity index (χ0v) is 11.6. The Morgan fingerprint density at radius 1 is 1.22 bits per heavy atom. The van der Waals surface area contributed by atoms with Gasteiger partial charge in [0.15, 0.2) is 0 Å². The van der Waals surface area contributed by atoms with Crippen molar-refractivity contribution in [2.24, 2.45) is 0 Å². The maximum Gasteiger partial charge on any atom is 0.0405 e. The molecule has 1 saturated heterocycles. The molecular weight excluding hydrogens is 220 g/mol. The lowest BCUT2D eigenvalue weighted by Crippen LogP contribution is -2.46. The van der Waals surface area contributed by atoms with E-state index in [2.05, 4.69) is 47.9 Å². The Kier molecular flexibility index (Phi) is 3.29. The number of hydrogen-bond acceptors (Lipinski definition) is 2. The van der Waals surface area contributed by atoms with Crippen LogP contribution in [0.1, 0.15) is 38.2 Å². The fraction of sp³-hybridized carbons (Fsp3) is 0.625. The van der Waals surface area contributed by atoms with Crippen molar-refractivity contribution in [3.63, 3.8) is 0 Å². The Hall–Kier alpha value is -1.02. The molecule has 0 unspecified atom stereocenters.